The Balaban J connectivity index is 1.15. The van der Waals surface area contributed by atoms with Gasteiger partial charge in [0, 0.05) is 37.9 Å². The topological polar surface area (TPSA) is 133 Å². The van der Waals surface area contributed by atoms with E-state index in [1.807, 2.05) is 19.1 Å². The maximum Gasteiger partial charge on any atom is 0.273 e. The summed E-state index contributed by atoms with van der Waals surface area (Å²) in [5.74, 6) is 0.764. The van der Waals surface area contributed by atoms with Gasteiger partial charge < -0.3 is 10.6 Å². The van der Waals surface area contributed by atoms with Crippen molar-refractivity contribution in [1.29, 1.82) is 0 Å². The van der Waals surface area contributed by atoms with E-state index >= 15 is 0 Å². The van der Waals surface area contributed by atoms with Crippen LogP contribution in [0.2, 0.25) is 0 Å². The lowest BCUT2D eigenvalue weighted by atomic mass is 10.2. The standard InChI is InChI=1S/C21H27N9O2/c1-15-4-5-17(11-22-15)12-23-21(32)18-13-29(27-25-18)8-2-3-9-30-14-19(26-28-30)24-20(31)10-16-6-7-16/h4-5,11,13-14,16H,2-3,6-10,12H2,1H3,(H,23,32)(H,24,31). The van der Waals surface area contributed by atoms with Gasteiger partial charge in [-0.3, -0.25) is 23.9 Å². The number of nitrogens with one attached hydrogen (secondary N) is 2. The highest BCUT2D eigenvalue weighted by molar-refractivity contribution is 5.91. The van der Waals surface area contributed by atoms with Crippen molar-refractivity contribution >= 4 is 17.6 Å². The van der Waals surface area contributed by atoms with Crippen LogP contribution in [0.15, 0.2) is 30.7 Å². The highest BCUT2D eigenvalue weighted by Gasteiger charge is 2.24. The molecule has 1 aliphatic rings. The third kappa shape index (κ3) is 6.43. The summed E-state index contributed by atoms with van der Waals surface area (Å²) in [7, 11) is 0. The molecule has 2 amide bonds. The zero-order chi connectivity index (χ0) is 22.3. The van der Waals surface area contributed by atoms with E-state index in [0.717, 1.165) is 36.9 Å². The number of amides is 2. The van der Waals surface area contributed by atoms with Gasteiger partial charge in [0.2, 0.25) is 5.91 Å². The molecule has 168 valence electrons. The Hall–Kier alpha value is -3.63. The summed E-state index contributed by atoms with van der Waals surface area (Å²) in [5, 5.41) is 21.6. The van der Waals surface area contributed by atoms with Crippen molar-refractivity contribution in [3.63, 3.8) is 0 Å². The summed E-state index contributed by atoms with van der Waals surface area (Å²) < 4.78 is 3.38. The number of aromatic nitrogens is 7. The second-order valence-electron chi connectivity index (χ2n) is 8.13. The summed E-state index contributed by atoms with van der Waals surface area (Å²) >= 11 is 0. The Bertz CT molecular complexity index is 1050. The maximum absolute atomic E-state index is 12.3. The van der Waals surface area contributed by atoms with E-state index in [1.54, 1.807) is 28.0 Å². The van der Waals surface area contributed by atoms with E-state index in [-0.39, 0.29) is 17.5 Å². The molecule has 11 heteroatoms. The van der Waals surface area contributed by atoms with Gasteiger partial charge in [-0.05, 0) is 50.2 Å². The number of hydrogen-bond acceptors (Lipinski definition) is 7. The van der Waals surface area contributed by atoms with E-state index in [4.69, 9.17) is 0 Å². The number of hydrogen-bond donors (Lipinski definition) is 2. The van der Waals surface area contributed by atoms with Crippen LogP contribution in [-0.4, -0.2) is 46.8 Å². The van der Waals surface area contributed by atoms with Crippen LogP contribution >= 0.6 is 0 Å². The number of rotatable bonds is 11. The molecule has 0 bridgehead atoms. The molecule has 1 saturated carbocycles. The van der Waals surface area contributed by atoms with Gasteiger partial charge in [-0.1, -0.05) is 16.5 Å². The lowest BCUT2D eigenvalue weighted by Crippen LogP contribution is -2.23. The number of unbranched alkanes of at least 4 members (excludes halogenated alkanes) is 1. The summed E-state index contributed by atoms with van der Waals surface area (Å²) in [6.07, 6.45) is 9.66. The Kier molecular flexibility index (Phi) is 6.83. The molecule has 0 aromatic carbocycles. The van der Waals surface area contributed by atoms with Crippen LogP contribution in [0, 0.1) is 12.8 Å². The first-order valence-corrected chi connectivity index (χ1v) is 10.8. The van der Waals surface area contributed by atoms with Crippen LogP contribution in [0.3, 0.4) is 0 Å². The van der Waals surface area contributed by atoms with Crippen LogP contribution in [0.25, 0.3) is 0 Å². The maximum atomic E-state index is 12.3. The Labute approximate surface area is 185 Å². The van der Waals surface area contributed by atoms with E-state index in [9.17, 15) is 9.59 Å². The van der Waals surface area contributed by atoms with Gasteiger partial charge >= 0.3 is 0 Å². The fourth-order valence-corrected chi connectivity index (χ4v) is 3.18. The molecule has 0 atom stereocenters. The molecule has 3 heterocycles. The predicted octanol–water partition coefficient (Wildman–Crippen LogP) is 1.72. The van der Waals surface area contributed by atoms with Crippen molar-refractivity contribution in [3.05, 3.63) is 47.7 Å². The summed E-state index contributed by atoms with van der Waals surface area (Å²) in [5.41, 5.74) is 2.14. The first kappa shape index (κ1) is 21.6. The van der Waals surface area contributed by atoms with Gasteiger partial charge in [0.1, 0.15) is 0 Å². The van der Waals surface area contributed by atoms with Crippen molar-refractivity contribution in [2.45, 2.75) is 58.7 Å². The van der Waals surface area contributed by atoms with Gasteiger partial charge in [0.25, 0.3) is 5.91 Å². The SMILES string of the molecule is Cc1ccc(CNC(=O)c2cn(CCCCn3cc(NC(=O)CC4CC4)nn3)nn2)cn1. The van der Waals surface area contributed by atoms with Crippen LogP contribution in [0.5, 0.6) is 0 Å². The molecule has 11 nitrogen and oxygen atoms in total. The molecular formula is C21H27N9O2. The van der Waals surface area contributed by atoms with Crippen LogP contribution in [0.1, 0.15) is 53.8 Å². The molecular weight excluding hydrogens is 410 g/mol. The molecule has 32 heavy (non-hydrogen) atoms. The van der Waals surface area contributed by atoms with Crippen molar-refractivity contribution in [2.24, 2.45) is 5.92 Å². The first-order chi connectivity index (χ1) is 15.5. The van der Waals surface area contributed by atoms with Gasteiger partial charge in [-0.2, -0.15) is 0 Å². The number of nitrogens with zero attached hydrogens (tertiary/aromatic N) is 7. The quantitative estimate of drug-likeness (QED) is 0.436. The third-order valence-corrected chi connectivity index (χ3v) is 5.20. The molecule has 3 aromatic heterocycles. The van der Waals surface area contributed by atoms with Crippen LogP contribution in [0.4, 0.5) is 5.82 Å². The van der Waals surface area contributed by atoms with Crippen LogP contribution in [-0.2, 0) is 24.4 Å². The highest BCUT2D eigenvalue weighted by Crippen LogP contribution is 2.32. The zero-order valence-corrected chi connectivity index (χ0v) is 18.1. The van der Waals surface area contributed by atoms with Crippen molar-refractivity contribution in [2.75, 3.05) is 5.32 Å². The third-order valence-electron chi connectivity index (χ3n) is 5.20. The van der Waals surface area contributed by atoms with E-state index in [2.05, 4.69) is 36.2 Å². The highest BCUT2D eigenvalue weighted by atomic mass is 16.2. The number of anilines is 1. The predicted molar refractivity (Wildman–Crippen MR) is 115 cm³/mol. The lowest BCUT2D eigenvalue weighted by Gasteiger charge is -2.03. The summed E-state index contributed by atoms with van der Waals surface area (Å²) in [6, 6.07) is 3.84. The number of carbonyl (C=O) groups excluding carboxylic acids is 2. The molecule has 0 saturated heterocycles. The van der Waals surface area contributed by atoms with E-state index in [1.165, 1.54) is 0 Å². The normalized spacial score (nSPS) is 13.2. The zero-order valence-electron chi connectivity index (χ0n) is 18.1. The minimum atomic E-state index is -0.268. The largest absolute Gasteiger partial charge is 0.346 e. The Morgan fingerprint density at radius 1 is 1.06 bits per heavy atom. The number of pyridine rings is 1. The Morgan fingerprint density at radius 2 is 1.81 bits per heavy atom. The summed E-state index contributed by atoms with van der Waals surface area (Å²) in [6.45, 7) is 3.62. The van der Waals surface area contributed by atoms with Crippen molar-refractivity contribution in [3.8, 4) is 0 Å². The summed E-state index contributed by atoms with van der Waals surface area (Å²) in [4.78, 5) is 28.3. The van der Waals surface area contributed by atoms with Crippen molar-refractivity contribution in [1.82, 2.24) is 40.3 Å². The molecule has 0 spiro atoms. The molecule has 4 rings (SSSR count). The molecule has 0 unspecified atom stereocenters. The molecule has 0 aliphatic heterocycles. The second-order valence-corrected chi connectivity index (χ2v) is 8.13. The minimum absolute atomic E-state index is 0.00102. The number of carbonyl (C=O) groups is 2. The lowest BCUT2D eigenvalue weighted by molar-refractivity contribution is -0.116. The molecule has 2 N–H and O–H groups in total. The molecule has 1 aliphatic carbocycles. The van der Waals surface area contributed by atoms with Gasteiger partial charge in [-0.25, -0.2) is 0 Å². The molecule has 1 fully saturated rings. The van der Waals surface area contributed by atoms with Gasteiger partial charge in [0.05, 0.1) is 12.4 Å². The fraction of sp³-hybridized carbons (Fsp3) is 0.476. The Morgan fingerprint density at radius 3 is 2.53 bits per heavy atom. The first-order valence-electron chi connectivity index (χ1n) is 10.8. The van der Waals surface area contributed by atoms with E-state index < -0.39 is 0 Å². The smallest absolute Gasteiger partial charge is 0.273 e. The molecule has 3 aromatic rings. The second kappa shape index (κ2) is 10.1. The van der Waals surface area contributed by atoms with Gasteiger partial charge in [-0.15, -0.1) is 10.2 Å². The average molecular weight is 438 g/mol. The fourth-order valence-electron chi connectivity index (χ4n) is 3.18. The van der Waals surface area contributed by atoms with E-state index in [0.29, 0.717) is 37.8 Å². The minimum Gasteiger partial charge on any atom is -0.346 e. The molecule has 0 radical (unpaired) electrons. The number of aryl methyl sites for hydroxylation is 3. The monoisotopic (exact) mass is 437 g/mol. The van der Waals surface area contributed by atoms with Crippen molar-refractivity contribution < 1.29 is 9.59 Å². The van der Waals surface area contributed by atoms with Crippen LogP contribution < -0.4 is 10.6 Å². The average Bonchev–Trinajstić information content (AvgIpc) is 3.27. The van der Waals surface area contributed by atoms with Gasteiger partial charge in [0.15, 0.2) is 11.5 Å².